The minimum absolute atomic E-state index is 0.0687. The number of carbonyl (C=O) groups excluding carboxylic acids is 1. The lowest BCUT2D eigenvalue weighted by Gasteiger charge is -2.39. The Morgan fingerprint density at radius 3 is 2.47 bits per heavy atom. The van der Waals surface area contributed by atoms with Crippen LogP contribution >= 0.6 is 0 Å². The van der Waals surface area contributed by atoms with Gasteiger partial charge in [-0.25, -0.2) is 0 Å². The fourth-order valence-corrected chi connectivity index (χ4v) is 6.18. The third kappa shape index (κ3) is 3.36. The molecule has 1 amide bonds. The molecule has 0 aromatic heterocycles. The number of amides is 1. The van der Waals surface area contributed by atoms with Crippen LogP contribution in [0.3, 0.4) is 0 Å². The topological polar surface area (TPSA) is 38.8 Å². The van der Waals surface area contributed by atoms with Gasteiger partial charge < -0.3 is 14.4 Å². The minimum atomic E-state index is -0.0687. The number of methoxy groups -OCH3 is 2. The molecule has 2 aromatic carbocycles. The Kier molecular flexibility index (Phi) is 5.18. The zero-order valence-corrected chi connectivity index (χ0v) is 18.0. The van der Waals surface area contributed by atoms with E-state index in [0.29, 0.717) is 18.2 Å². The molecular weight excluding hydrogens is 374 g/mol. The van der Waals surface area contributed by atoms with Gasteiger partial charge in [0.05, 0.1) is 20.3 Å². The maximum atomic E-state index is 13.6. The zero-order chi connectivity index (χ0) is 20.7. The second kappa shape index (κ2) is 7.98. The standard InChI is InChI=1S/C26H31NO3/c1-29-23-14-20-10-11-27(25(28)15-21-13-17-8-9-19(21)12-17)26(18-6-4-3-5-7-18)22(20)16-24(23)30-2/h3-7,14,16-17,19,21,26H,8-13,15H2,1-2H3. The maximum absolute atomic E-state index is 13.6. The number of carbonyl (C=O) groups is 1. The highest BCUT2D eigenvalue weighted by atomic mass is 16.5. The Morgan fingerprint density at radius 1 is 1.03 bits per heavy atom. The van der Waals surface area contributed by atoms with E-state index in [4.69, 9.17) is 9.47 Å². The van der Waals surface area contributed by atoms with Gasteiger partial charge in [0.15, 0.2) is 11.5 Å². The van der Waals surface area contributed by atoms with E-state index in [2.05, 4.69) is 41.3 Å². The Balaban J connectivity index is 1.49. The van der Waals surface area contributed by atoms with Crippen molar-refractivity contribution in [2.24, 2.45) is 17.8 Å². The summed E-state index contributed by atoms with van der Waals surface area (Å²) in [5.74, 6) is 4.01. The van der Waals surface area contributed by atoms with Gasteiger partial charge >= 0.3 is 0 Å². The molecular formula is C26H31NO3. The molecule has 4 heteroatoms. The van der Waals surface area contributed by atoms with Crippen molar-refractivity contribution >= 4 is 5.91 Å². The summed E-state index contributed by atoms with van der Waals surface area (Å²) in [6.07, 6.45) is 6.85. The molecule has 2 bridgehead atoms. The van der Waals surface area contributed by atoms with Crippen molar-refractivity contribution in [3.8, 4) is 11.5 Å². The van der Waals surface area contributed by atoms with Crippen molar-refractivity contribution in [2.45, 2.75) is 44.6 Å². The van der Waals surface area contributed by atoms with Gasteiger partial charge in [-0.2, -0.15) is 0 Å². The molecule has 1 aliphatic heterocycles. The molecule has 1 heterocycles. The lowest BCUT2D eigenvalue weighted by molar-refractivity contribution is -0.134. The second-order valence-electron chi connectivity index (χ2n) is 9.20. The SMILES string of the molecule is COc1cc2c(cc1OC)C(c1ccccc1)N(C(=O)CC1CC3CCC1C3)CC2. The van der Waals surface area contributed by atoms with Crippen molar-refractivity contribution in [2.75, 3.05) is 20.8 Å². The van der Waals surface area contributed by atoms with E-state index in [1.807, 2.05) is 6.07 Å². The molecule has 0 spiro atoms. The molecule has 2 aromatic rings. The summed E-state index contributed by atoms with van der Waals surface area (Å²) < 4.78 is 11.1. The highest BCUT2D eigenvalue weighted by Gasteiger charge is 2.42. The Hall–Kier alpha value is -2.49. The fraction of sp³-hybridized carbons (Fsp3) is 0.500. The van der Waals surface area contributed by atoms with Crippen LogP contribution in [-0.4, -0.2) is 31.6 Å². The van der Waals surface area contributed by atoms with Gasteiger partial charge in [0.1, 0.15) is 0 Å². The van der Waals surface area contributed by atoms with Gasteiger partial charge in [0, 0.05) is 13.0 Å². The first-order valence-corrected chi connectivity index (χ1v) is 11.3. The molecule has 2 fully saturated rings. The lowest BCUT2D eigenvalue weighted by atomic mass is 9.84. The molecule has 2 aliphatic carbocycles. The van der Waals surface area contributed by atoms with Gasteiger partial charge in [-0.1, -0.05) is 36.8 Å². The molecule has 0 saturated heterocycles. The molecule has 5 rings (SSSR count). The van der Waals surface area contributed by atoms with Crippen molar-refractivity contribution in [3.05, 3.63) is 59.2 Å². The van der Waals surface area contributed by atoms with Crippen molar-refractivity contribution in [1.29, 1.82) is 0 Å². The van der Waals surface area contributed by atoms with Crippen molar-refractivity contribution in [1.82, 2.24) is 4.90 Å². The molecule has 0 radical (unpaired) electrons. The van der Waals surface area contributed by atoms with Crippen LogP contribution < -0.4 is 9.47 Å². The molecule has 30 heavy (non-hydrogen) atoms. The third-order valence-corrected chi connectivity index (χ3v) is 7.63. The number of fused-ring (bicyclic) bond motifs is 3. The summed E-state index contributed by atoms with van der Waals surface area (Å²) in [6, 6.07) is 14.5. The normalized spacial score (nSPS) is 27.1. The van der Waals surface area contributed by atoms with E-state index in [9.17, 15) is 4.79 Å². The monoisotopic (exact) mass is 405 g/mol. The molecule has 4 nitrogen and oxygen atoms in total. The first-order chi connectivity index (χ1) is 14.7. The van der Waals surface area contributed by atoms with Crippen LogP contribution in [-0.2, 0) is 11.2 Å². The van der Waals surface area contributed by atoms with Crippen LogP contribution in [0.15, 0.2) is 42.5 Å². The van der Waals surface area contributed by atoms with Gasteiger partial charge in [-0.05, 0) is 72.3 Å². The van der Waals surface area contributed by atoms with Gasteiger partial charge in [-0.15, -0.1) is 0 Å². The van der Waals surface area contributed by atoms with E-state index in [1.54, 1.807) is 14.2 Å². The lowest BCUT2D eigenvalue weighted by Crippen LogP contribution is -2.41. The minimum Gasteiger partial charge on any atom is -0.493 e. The molecule has 4 unspecified atom stereocenters. The highest BCUT2D eigenvalue weighted by molar-refractivity contribution is 5.78. The summed E-state index contributed by atoms with van der Waals surface area (Å²) in [5.41, 5.74) is 3.56. The average Bonchev–Trinajstić information content (AvgIpc) is 3.41. The summed E-state index contributed by atoms with van der Waals surface area (Å²) in [4.78, 5) is 15.7. The quantitative estimate of drug-likeness (QED) is 0.702. The van der Waals surface area contributed by atoms with Crippen LogP contribution in [0.4, 0.5) is 0 Å². The van der Waals surface area contributed by atoms with Gasteiger partial charge in [0.25, 0.3) is 0 Å². The molecule has 2 saturated carbocycles. The Morgan fingerprint density at radius 2 is 1.80 bits per heavy atom. The Labute approximate surface area is 179 Å². The number of ether oxygens (including phenoxy) is 2. The summed E-state index contributed by atoms with van der Waals surface area (Å²) >= 11 is 0. The largest absolute Gasteiger partial charge is 0.493 e. The second-order valence-corrected chi connectivity index (χ2v) is 9.20. The molecule has 0 N–H and O–H groups in total. The number of nitrogens with zero attached hydrogens (tertiary/aromatic N) is 1. The average molecular weight is 406 g/mol. The number of hydrogen-bond acceptors (Lipinski definition) is 3. The maximum Gasteiger partial charge on any atom is 0.223 e. The summed E-state index contributed by atoms with van der Waals surface area (Å²) in [7, 11) is 3.34. The van der Waals surface area contributed by atoms with E-state index in [0.717, 1.165) is 47.4 Å². The summed E-state index contributed by atoms with van der Waals surface area (Å²) in [6.45, 7) is 0.752. The van der Waals surface area contributed by atoms with Crippen LogP contribution in [0.5, 0.6) is 11.5 Å². The fourth-order valence-electron chi connectivity index (χ4n) is 6.18. The summed E-state index contributed by atoms with van der Waals surface area (Å²) in [5, 5.41) is 0. The van der Waals surface area contributed by atoms with Crippen LogP contribution in [0.25, 0.3) is 0 Å². The number of hydrogen-bond donors (Lipinski definition) is 0. The Bertz CT molecular complexity index is 925. The highest BCUT2D eigenvalue weighted by Crippen LogP contribution is 2.50. The first-order valence-electron chi connectivity index (χ1n) is 11.3. The van der Waals surface area contributed by atoms with E-state index >= 15 is 0 Å². The van der Waals surface area contributed by atoms with Gasteiger partial charge in [-0.3, -0.25) is 4.79 Å². The van der Waals surface area contributed by atoms with Crippen LogP contribution in [0, 0.1) is 17.8 Å². The van der Waals surface area contributed by atoms with E-state index in [-0.39, 0.29) is 6.04 Å². The van der Waals surface area contributed by atoms with E-state index < -0.39 is 0 Å². The van der Waals surface area contributed by atoms with Gasteiger partial charge in [0.2, 0.25) is 5.91 Å². The van der Waals surface area contributed by atoms with E-state index in [1.165, 1.54) is 31.2 Å². The molecule has 158 valence electrons. The smallest absolute Gasteiger partial charge is 0.223 e. The molecule has 4 atom stereocenters. The predicted molar refractivity (Wildman–Crippen MR) is 117 cm³/mol. The van der Waals surface area contributed by atoms with Crippen molar-refractivity contribution in [3.63, 3.8) is 0 Å². The number of rotatable bonds is 5. The first kappa shape index (κ1) is 19.5. The number of benzene rings is 2. The van der Waals surface area contributed by atoms with Crippen molar-refractivity contribution < 1.29 is 14.3 Å². The third-order valence-electron chi connectivity index (χ3n) is 7.63. The zero-order valence-electron chi connectivity index (χ0n) is 18.0. The predicted octanol–water partition coefficient (Wildman–Crippen LogP) is 5.00. The molecule has 3 aliphatic rings. The van der Waals surface area contributed by atoms with Crippen LogP contribution in [0.1, 0.15) is 54.8 Å². The van der Waals surface area contributed by atoms with Crippen LogP contribution in [0.2, 0.25) is 0 Å².